The van der Waals surface area contributed by atoms with Crippen LogP contribution in [0.25, 0.3) is 0 Å². The lowest BCUT2D eigenvalue weighted by Crippen LogP contribution is -2.50. The summed E-state index contributed by atoms with van der Waals surface area (Å²) in [5.74, 6) is 0.800. The van der Waals surface area contributed by atoms with Crippen LogP contribution in [0.2, 0.25) is 0 Å². The molecule has 1 aromatic heterocycles. The first-order chi connectivity index (χ1) is 11.7. The van der Waals surface area contributed by atoms with Crippen molar-refractivity contribution >= 4 is 5.91 Å². The number of rotatable bonds is 6. The Labute approximate surface area is 142 Å². The molecule has 0 spiro atoms. The van der Waals surface area contributed by atoms with Crippen LogP contribution in [-0.2, 0) is 11.3 Å². The van der Waals surface area contributed by atoms with Crippen LogP contribution in [0.5, 0.6) is 5.75 Å². The zero-order valence-electron chi connectivity index (χ0n) is 14.1. The molecule has 1 amide bonds. The molecule has 3 rings (SSSR count). The molecule has 0 saturated carbocycles. The molecule has 1 aliphatic heterocycles. The molecule has 2 heterocycles. The van der Waals surface area contributed by atoms with Gasteiger partial charge in [0, 0.05) is 45.1 Å². The lowest BCUT2D eigenvalue weighted by Gasteiger charge is -2.34. The summed E-state index contributed by atoms with van der Waals surface area (Å²) in [5.41, 5.74) is 1.18. The Bertz CT molecular complexity index is 632. The summed E-state index contributed by atoms with van der Waals surface area (Å²) >= 11 is 0. The molecule has 2 aromatic rings. The van der Waals surface area contributed by atoms with Crippen LogP contribution >= 0.6 is 0 Å². The number of benzene rings is 1. The minimum atomic E-state index is 0.0577. The molecule has 0 atom stereocenters. The van der Waals surface area contributed by atoms with Crippen molar-refractivity contribution in [2.45, 2.75) is 13.5 Å². The summed E-state index contributed by atoms with van der Waals surface area (Å²) in [6, 6.07) is 9.70. The van der Waals surface area contributed by atoms with Gasteiger partial charge in [0.25, 0.3) is 5.91 Å². The van der Waals surface area contributed by atoms with E-state index in [0.717, 1.165) is 45.0 Å². The second-order valence-corrected chi connectivity index (χ2v) is 6.09. The van der Waals surface area contributed by atoms with Gasteiger partial charge in [-0.2, -0.15) is 5.10 Å². The van der Waals surface area contributed by atoms with Gasteiger partial charge >= 0.3 is 0 Å². The lowest BCUT2D eigenvalue weighted by molar-refractivity contribution is -0.135. The molecular weight excluding hydrogens is 304 g/mol. The van der Waals surface area contributed by atoms with Crippen molar-refractivity contribution in [1.29, 1.82) is 0 Å². The first kappa shape index (κ1) is 16.5. The average Bonchev–Trinajstić information content (AvgIpc) is 3.13. The number of carbonyl (C=O) groups is 1. The SMILES string of the molecule is Cc1ccc(OCC(=O)N2CCN(CCn3cccn3)CC2)cc1. The van der Waals surface area contributed by atoms with Gasteiger partial charge < -0.3 is 9.64 Å². The number of nitrogens with zero attached hydrogens (tertiary/aromatic N) is 4. The van der Waals surface area contributed by atoms with Gasteiger partial charge in [-0.1, -0.05) is 17.7 Å². The normalized spacial score (nSPS) is 15.5. The molecule has 1 aromatic carbocycles. The van der Waals surface area contributed by atoms with Crippen molar-refractivity contribution in [3.05, 3.63) is 48.3 Å². The second-order valence-electron chi connectivity index (χ2n) is 6.09. The molecule has 0 unspecified atom stereocenters. The lowest BCUT2D eigenvalue weighted by atomic mass is 10.2. The van der Waals surface area contributed by atoms with Gasteiger partial charge in [0.1, 0.15) is 5.75 Å². The Hall–Kier alpha value is -2.34. The van der Waals surface area contributed by atoms with E-state index in [0.29, 0.717) is 0 Å². The van der Waals surface area contributed by atoms with E-state index >= 15 is 0 Å². The van der Waals surface area contributed by atoms with Crippen LogP contribution in [0.3, 0.4) is 0 Å². The number of aryl methyl sites for hydroxylation is 1. The standard InChI is InChI=1S/C18H24N4O2/c1-16-3-5-17(6-4-16)24-15-18(23)21-12-9-20(10-13-21)11-14-22-8-2-7-19-22/h2-8H,9-15H2,1H3. The second kappa shape index (κ2) is 7.97. The summed E-state index contributed by atoms with van der Waals surface area (Å²) in [6.07, 6.45) is 3.77. The number of hydrogen-bond donors (Lipinski definition) is 0. The molecule has 0 N–H and O–H groups in total. The Morgan fingerprint density at radius 2 is 1.88 bits per heavy atom. The third kappa shape index (κ3) is 4.58. The quantitative estimate of drug-likeness (QED) is 0.805. The van der Waals surface area contributed by atoms with E-state index in [4.69, 9.17) is 4.74 Å². The van der Waals surface area contributed by atoms with Gasteiger partial charge in [0.05, 0.1) is 6.54 Å². The zero-order chi connectivity index (χ0) is 16.8. The number of aromatic nitrogens is 2. The Kier molecular flexibility index (Phi) is 5.48. The van der Waals surface area contributed by atoms with E-state index < -0.39 is 0 Å². The fraction of sp³-hybridized carbons (Fsp3) is 0.444. The van der Waals surface area contributed by atoms with E-state index in [2.05, 4.69) is 10.00 Å². The van der Waals surface area contributed by atoms with Gasteiger partial charge in [-0.15, -0.1) is 0 Å². The van der Waals surface area contributed by atoms with Crippen LogP contribution < -0.4 is 4.74 Å². The molecule has 0 bridgehead atoms. The number of carbonyl (C=O) groups excluding carboxylic acids is 1. The van der Waals surface area contributed by atoms with Gasteiger partial charge in [0.15, 0.2) is 6.61 Å². The molecule has 1 aliphatic rings. The Morgan fingerprint density at radius 1 is 1.12 bits per heavy atom. The van der Waals surface area contributed by atoms with E-state index in [-0.39, 0.29) is 12.5 Å². The highest BCUT2D eigenvalue weighted by molar-refractivity contribution is 5.77. The van der Waals surface area contributed by atoms with Crippen LogP contribution in [0.1, 0.15) is 5.56 Å². The number of piperazine rings is 1. The van der Waals surface area contributed by atoms with Crippen molar-refractivity contribution < 1.29 is 9.53 Å². The van der Waals surface area contributed by atoms with Crippen LogP contribution in [-0.4, -0.2) is 64.8 Å². The van der Waals surface area contributed by atoms with Crippen LogP contribution in [0.4, 0.5) is 0 Å². The van der Waals surface area contributed by atoms with E-state index in [9.17, 15) is 4.79 Å². The maximum absolute atomic E-state index is 12.3. The largest absolute Gasteiger partial charge is 0.484 e. The smallest absolute Gasteiger partial charge is 0.260 e. The van der Waals surface area contributed by atoms with Gasteiger partial charge in [-0.25, -0.2) is 0 Å². The molecule has 6 nitrogen and oxygen atoms in total. The molecule has 0 aliphatic carbocycles. The number of hydrogen-bond acceptors (Lipinski definition) is 4. The predicted molar refractivity (Wildman–Crippen MR) is 91.9 cm³/mol. The van der Waals surface area contributed by atoms with Crippen molar-refractivity contribution in [2.75, 3.05) is 39.3 Å². The number of ether oxygens (including phenoxy) is 1. The van der Waals surface area contributed by atoms with Crippen molar-refractivity contribution in [1.82, 2.24) is 19.6 Å². The molecule has 24 heavy (non-hydrogen) atoms. The monoisotopic (exact) mass is 328 g/mol. The van der Waals surface area contributed by atoms with Gasteiger partial charge in [-0.05, 0) is 25.1 Å². The van der Waals surface area contributed by atoms with Crippen LogP contribution in [0, 0.1) is 6.92 Å². The highest BCUT2D eigenvalue weighted by Gasteiger charge is 2.21. The van der Waals surface area contributed by atoms with Gasteiger partial charge in [-0.3, -0.25) is 14.4 Å². The Balaban J connectivity index is 1.37. The van der Waals surface area contributed by atoms with Crippen molar-refractivity contribution in [2.24, 2.45) is 0 Å². The molecule has 1 saturated heterocycles. The Morgan fingerprint density at radius 3 is 2.54 bits per heavy atom. The summed E-state index contributed by atoms with van der Waals surface area (Å²) in [4.78, 5) is 16.5. The van der Waals surface area contributed by atoms with E-state index in [1.54, 1.807) is 6.20 Å². The molecule has 128 valence electrons. The van der Waals surface area contributed by atoms with Gasteiger partial charge in [0.2, 0.25) is 0 Å². The topological polar surface area (TPSA) is 50.6 Å². The van der Waals surface area contributed by atoms with Crippen molar-refractivity contribution in [3.63, 3.8) is 0 Å². The summed E-state index contributed by atoms with van der Waals surface area (Å²) < 4.78 is 7.52. The number of amides is 1. The minimum absolute atomic E-state index is 0.0577. The fourth-order valence-corrected chi connectivity index (χ4v) is 2.77. The molecule has 1 fully saturated rings. The molecular formula is C18H24N4O2. The third-order valence-corrected chi connectivity index (χ3v) is 4.31. The maximum atomic E-state index is 12.3. The predicted octanol–water partition coefficient (Wildman–Crippen LogP) is 1.41. The third-order valence-electron chi connectivity index (χ3n) is 4.31. The summed E-state index contributed by atoms with van der Waals surface area (Å²) in [6.45, 7) is 7.30. The highest BCUT2D eigenvalue weighted by atomic mass is 16.5. The van der Waals surface area contributed by atoms with E-state index in [1.807, 2.05) is 53.0 Å². The molecule has 6 heteroatoms. The summed E-state index contributed by atoms with van der Waals surface area (Å²) in [7, 11) is 0. The molecule has 0 radical (unpaired) electrons. The first-order valence-corrected chi connectivity index (χ1v) is 8.38. The first-order valence-electron chi connectivity index (χ1n) is 8.38. The zero-order valence-corrected chi connectivity index (χ0v) is 14.1. The van der Waals surface area contributed by atoms with E-state index in [1.165, 1.54) is 5.56 Å². The minimum Gasteiger partial charge on any atom is -0.484 e. The average molecular weight is 328 g/mol. The summed E-state index contributed by atoms with van der Waals surface area (Å²) in [5, 5.41) is 4.21. The van der Waals surface area contributed by atoms with Crippen molar-refractivity contribution in [3.8, 4) is 5.75 Å². The highest BCUT2D eigenvalue weighted by Crippen LogP contribution is 2.12. The van der Waals surface area contributed by atoms with Crippen LogP contribution in [0.15, 0.2) is 42.7 Å². The maximum Gasteiger partial charge on any atom is 0.260 e. The fourth-order valence-electron chi connectivity index (χ4n) is 2.77.